The Labute approximate surface area is 140 Å². The van der Waals surface area contributed by atoms with Gasteiger partial charge in [-0.05, 0) is 43.9 Å². The van der Waals surface area contributed by atoms with Crippen LogP contribution in [0.15, 0.2) is 24.3 Å². The molecule has 0 bridgehead atoms. The number of esters is 1. The fourth-order valence-electron chi connectivity index (χ4n) is 3.17. The molecule has 0 radical (unpaired) electrons. The summed E-state index contributed by atoms with van der Waals surface area (Å²) in [5, 5.41) is 5.78. The lowest BCUT2D eigenvalue weighted by atomic mass is 10.0. The van der Waals surface area contributed by atoms with Gasteiger partial charge in [0, 0.05) is 11.7 Å². The highest BCUT2D eigenvalue weighted by atomic mass is 16.5. The number of methoxy groups -OCH3 is 1. The van der Waals surface area contributed by atoms with Crippen LogP contribution < -0.4 is 10.6 Å². The molecule has 1 aromatic rings. The highest BCUT2D eigenvalue weighted by Gasteiger charge is 2.56. The van der Waals surface area contributed by atoms with Crippen molar-refractivity contribution in [1.29, 1.82) is 0 Å². The molecule has 2 N–H and O–H groups in total. The summed E-state index contributed by atoms with van der Waals surface area (Å²) in [7, 11) is 1.31. The molecule has 0 unspecified atom stereocenters. The third-order valence-corrected chi connectivity index (χ3v) is 4.85. The number of carbonyl (C=O) groups excluding carboxylic acids is 3. The molecule has 0 heterocycles. The maximum Gasteiger partial charge on any atom is 0.337 e. The van der Waals surface area contributed by atoms with Gasteiger partial charge in [0.15, 0.2) is 0 Å². The van der Waals surface area contributed by atoms with Gasteiger partial charge in [0.1, 0.15) is 5.41 Å². The first-order chi connectivity index (χ1) is 11.5. The predicted octanol–water partition coefficient (Wildman–Crippen LogP) is 2.25. The third kappa shape index (κ3) is 3.27. The Balaban J connectivity index is 1.65. The van der Waals surface area contributed by atoms with Crippen LogP contribution in [-0.4, -0.2) is 30.9 Å². The Morgan fingerprint density at radius 2 is 1.83 bits per heavy atom. The molecule has 3 rings (SSSR count). The van der Waals surface area contributed by atoms with E-state index in [4.69, 9.17) is 0 Å². The van der Waals surface area contributed by atoms with Crippen molar-refractivity contribution < 1.29 is 19.1 Å². The number of ether oxygens (including phenoxy) is 1. The van der Waals surface area contributed by atoms with Crippen LogP contribution in [0.5, 0.6) is 0 Å². The minimum absolute atomic E-state index is 0.170. The average Bonchev–Trinajstić information content (AvgIpc) is 3.26. The Bertz CT molecular complexity index is 661. The fraction of sp³-hybridized carbons (Fsp3) is 0.500. The molecule has 1 aromatic carbocycles. The number of benzene rings is 1. The van der Waals surface area contributed by atoms with E-state index in [9.17, 15) is 14.4 Å². The van der Waals surface area contributed by atoms with Crippen LogP contribution in [0.3, 0.4) is 0 Å². The molecule has 0 aromatic heterocycles. The van der Waals surface area contributed by atoms with Crippen LogP contribution in [-0.2, 0) is 14.3 Å². The Kier molecular flexibility index (Phi) is 4.55. The molecular weight excluding hydrogens is 308 g/mol. The van der Waals surface area contributed by atoms with Crippen molar-refractivity contribution in [3.63, 3.8) is 0 Å². The van der Waals surface area contributed by atoms with E-state index in [1.165, 1.54) is 7.11 Å². The van der Waals surface area contributed by atoms with Gasteiger partial charge in [-0.25, -0.2) is 4.79 Å². The first-order valence-corrected chi connectivity index (χ1v) is 8.36. The van der Waals surface area contributed by atoms with E-state index in [2.05, 4.69) is 15.4 Å². The van der Waals surface area contributed by atoms with Crippen LogP contribution >= 0.6 is 0 Å². The zero-order valence-corrected chi connectivity index (χ0v) is 13.8. The minimum atomic E-state index is -0.955. The average molecular weight is 330 g/mol. The molecular formula is C18H22N2O4. The van der Waals surface area contributed by atoms with Gasteiger partial charge in [-0.2, -0.15) is 0 Å². The maximum absolute atomic E-state index is 12.6. The summed E-state index contributed by atoms with van der Waals surface area (Å²) in [6.45, 7) is 0. The smallest absolute Gasteiger partial charge is 0.337 e. The van der Waals surface area contributed by atoms with Crippen molar-refractivity contribution in [2.45, 2.75) is 44.6 Å². The molecule has 2 amide bonds. The van der Waals surface area contributed by atoms with Crippen molar-refractivity contribution in [2.75, 3.05) is 12.4 Å². The lowest BCUT2D eigenvalue weighted by Gasteiger charge is -2.19. The molecule has 2 saturated carbocycles. The zero-order chi connectivity index (χ0) is 17.2. The second-order valence-electron chi connectivity index (χ2n) is 6.56. The minimum Gasteiger partial charge on any atom is -0.465 e. The number of nitrogens with one attached hydrogen (secondary N) is 2. The molecule has 2 aliphatic rings. The third-order valence-electron chi connectivity index (χ3n) is 4.85. The highest BCUT2D eigenvalue weighted by Crippen LogP contribution is 2.47. The number of anilines is 1. The topological polar surface area (TPSA) is 84.5 Å². The lowest BCUT2D eigenvalue weighted by Crippen LogP contribution is -2.43. The molecule has 2 aliphatic carbocycles. The van der Waals surface area contributed by atoms with E-state index < -0.39 is 11.4 Å². The van der Waals surface area contributed by atoms with Crippen LogP contribution in [0.4, 0.5) is 5.69 Å². The maximum atomic E-state index is 12.6. The predicted molar refractivity (Wildman–Crippen MR) is 88.5 cm³/mol. The summed E-state index contributed by atoms with van der Waals surface area (Å²) in [4.78, 5) is 36.6. The summed E-state index contributed by atoms with van der Waals surface area (Å²) in [6, 6.07) is 6.72. The van der Waals surface area contributed by atoms with E-state index in [0.717, 1.165) is 25.7 Å². The highest BCUT2D eigenvalue weighted by molar-refractivity contribution is 6.13. The van der Waals surface area contributed by atoms with E-state index in [0.29, 0.717) is 24.1 Å². The number of carbonyl (C=O) groups is 3. The molecule has 6 heteroatoms. The van der Waals surface area contributed by atoms with Crippen molar-refractivity contribution in [2.24, 2.45) is 5.41 Å². The SMILES string of the molecule is COC(=O)c1cccc(NC(=O)C2(C(=O)NC3CCCC3)CC2)c1. The Morgan fingerprint density at radius 3 is 2.46 bits per heavy atom. The van der Waals surface area contributed by atoms with Crippen molar-refractivity contribution >= 4 is 23.5 Å². The van der Waals surface area contributed by atoms with Crippen molar-refractivity contribution in [3.8, 4) is 0 Å². The monoisotopic (exact) mass is 330 g/mol. The standard InChI is InChI=1S/C18H22N2O4/c1-24-15(21)12-5-4-8-14(11-12)20-17(23)18(9-10-18)16(22)19-13-6-2-3-7-13/h4-5,8,11,13H,2-3,6-7,9-10H2,1H3,(H,19,22)(H,20,23). The van der Waals surface area contributed by atoms with Gasteiger partial charge in [-0.3, -0.25) is 9.59 Å². The van der Waals surface area contributed by atoms with E-state index in [1.54, 1.807) is 24.3 Å². The normalized spacial score (nSPS) is 18.7. The van der Waals surface area contributed by atoms with Crippen molar-refractivity contribution in [1.82, 2.24) is 5.32 Å². The molecule has 0 saturated heterocycles. The molecule has 0 spiro atoms. The quantitative estimate of drug-likeness (QED) is 0.640. The first-order valence-electron chi connectivity index (χ1n) is 8.36. The lowest BCUT2D eigenvalue weighted by molar-refractivity contribution is -0.134. The summed E-state index contributed by atoms with van der Waals surface area (Å²) < 4.78 is 4.67. The van der Waals surface area contributed by atoms with Gasteiger partial charge in [-0.15, -0.1) is 0 Å². The van der Waals surface area contributed by atoms with Crippen LogP contribution in [0.25, 0.3) is 0 Å². The van der Waals surface area contributed by atoms with Gasteiger partial charge >= 0.3 is 5.97 Å². The molecule has 0 atom stereocenters. The van der Waals surface area contributed by atoms with Gasteiger partial charge < -0.3 is 15.4 Å². The van der Waals surface area contributed by atoms with Gasteiger partial charge in [0.05, 0.1) is 12.7 Å². The number of amides is 2. The van der Waals surface area contributed by atoms with Crippen LogP contribution in [0.1, 0.15) is 48.9 Å². The van der Waals surface area contributed by atoms with Crippen LogP contribution in [0.2, 0.25) is 0 Å². The molecule has 0 aliphatic heterocycles. The summed E-state index contributed by atoms with van der Waals surface area (Å²) >= 11 is 0. The zero-order valence-electron chi connectivity index (χ0n) is 13.8. The van der Waals surface area contributed by atoms with Crippen molar-refractivity contribution in [3.05, 3.63) is 29.8 Å². The van der Waals surface area contributed by atoms with Gasteiger partial charge in [-0.1, -0.05) is 18.9 Å². The molecule has 24 heavy (non-hydrogen) atoms. The first kappa shape index (κ1) is 16.5. The second-order valence-corrected chi connectivity index (χ2v) is 6.56. The number of hydrogen-bond acceptors (Lipinski definition) is 4. The van der Waals surface area contributed by atoms with E-state index >= 15 is 0 Å². The van der Waals surface area contributed by atoms with Gasteiger partial charge in [0.2, 0.25) is 11.8 Å². The van der Waals surface area contributed by atoms with Gasteiger partial charge in [0.25, 0.3) is 0 Å². The molecule has 2 fully saturated rings. The largest absolute Gasteiger partial charge is 0.465 e. The number of rotatable bonds is 5. The Morgan fingerprint density at radius 1 is 1.12 bits per heavy atom. The molecule has 6 nitrogen and oxygen atoms in total. The fourth-order valence-corrected chi connectivity index (χ4v) is 3.17. The van der Waals surface area contributed by atoms with E-state index in [1.807, 2.05) is 0 Å². The Hall–Kier alpha value is -2.37. The second kappa shape index (κ2) is 6.63. The summed E-state index contributed by atoms with van der Waals surface area (Å²) in [6.07, 6.45) is 5.37. The number of hydrogen-bond donors (Lipinski definition) is 2. The summed E-state index contributed by atoms with van der Waals surface area (Å²) in [5.74, 6) is -0.942. The van der Waals surface area contributed by atoms with Crippen LogP contribution in [0, 0.1) is 5.41 Å². The summed E-state index contributed by atoms with van der Waals surface area (Å²) in [5.41, 5.74) is -0.109. The molecule has 128 valence electrons. The van der Waals surface area contributed by atoms with E-state index in [-0.39, 0.29) is 17.9 Å².